The number of anilines is 1. The van der Waals surface area contributed by atoms with Gasteiger partial charge in [-0.2, -0.15) is 0 Å². The first-order chi connectivity index (χ1) is 9.54. The van der Waals surface area contributed by atoms with Crippen LogP contribution in [0.3, 0.4) is 0 Å². The predicted octanol–water partition coefficient (Wildman–Crippen LogP) is 3.75. The summed E-state index contributed by atoms with van der Waals surface area (Å²) in [6, 6.07) is 1.76. The third-order valence-corrected chi connectivity index (χ3v) is 4.65. The zero-order valence-electron chi connectivity index (χ0n) is 11.5. The van der Waals surface area contributed by atoms with Crippen molar-refractivity contribution in [3.05, 3.63) is 21.9 Å². The minimum atomic E-state index is -0.0751. The summed E-state index contributed by atoms with van der Waals surface area (Å²) >= 11 is 9.31. The molecule has 1 aromatic rings. The first-order valence-electron chi connectivity index (χ1n) is 6.84. The minimum Gasteiger partial charge on any atom is -0.323 e. The molecule has 1 aliphatic carbocycles. The fourth-order valence-electron chi connectivity index (χ4n) is 2.76. The molecule has 0 radical (unpaired) electrons. The van der Waals surface area contributed by atoms with E-state index in [4.69, 9.17) is 11.6 Å². The van der Waals surface area contributed by atoms with E-state index in [1.165, 1.54) is 19.3 Å². The van der Waals surface area contributed by atoms with Crippen molar-refractivity contribution < 1.29 is 4.79 Å². The standard InChI is InChI=1S/C14H19BrClN3O/c1-17-14(5-3-2-4-6-14)8-12(20)19-11-7-10(15)9-18-13(11)16/h7,9,17H,2-6,8H2,1H3,(H,19,20). The van der Waals surface area contributed by atoms with Crippen molar-refractivity contribution in [1.82, 2.24) is 10.3 Å². The van der Waals surface area contributed by atoms with E-state index < -0.39 is 0 Å². The van der Waals surface area contributed by atoms with Crippen LogP contribution in [0, 0.1) is 0 Å². The molecule has 0 aliphatic heterocycles. The van der Waals surface area contributed by atoms with E-state index in [-0.39, 0.29) is 11.4 Å². The van der Waals surface area contributed by atoms with Crippen molar-refractivity contribution in [3.63, 3.8) is 0 Å². The molecule has 0 saturated heterocycles. The van der Waals surface area contributed by atoms with E-state index in [0.717, 1.165) is 17.3 Å². The van der Waals surface area contributed by atoms with Crippen molar-refractivity contribution in [1.29, 1.82) is 0 Å². The summed E-state index contributed by atoms with van der Waals surface area (Å²) in [4.78, 5) is 16.3. The lowest BCUT2D eigenvalue weighted by molar-refractivity contribution is -0.117. The summed E-state index contributed by atoms with van der Waals surface area (Å²) in [7, 11) is 1.94. The van der Waals surface area contributed by atoms with E-state index in [2.05, 4.69) is 31.5 Å². The summed E-state index contributed by atoms with van der Waals surface area (Å²) in [5.41, 5.74) is 0.474. The van der Waals surface area contributed by atoms with E-state index in [1.807, 2.05) is 7.05 Å². The zero-order valence-corrected chi connectivity index (χ0v) is 13.9. The van der Waals surface area contributed by atoms with Crippen molar-refractivity contribution >= 4 is 39.1 Å². The van der Waals surface area contributed by atoms with Gasteiger partial charge in [-0.3, -0.25) is 4.79 Å². The SMILES string of the molecule is CNC1(CC(=O)Nc2cc(Br)cnc2Cl)CCCCC1. The largest absolute Gasteiger partial charge is 0.323 e. The molecule has 0 unspecified atom stereocenters. The lowest BCUT2D eigenvalue weighted by Gasteiger charge is -2.36. The van der Waals surface area contributed by atoms with Crippen LogP contribution in [0.15, 0.2) is 16.7 Å². The van der Waals surface area contributed by atoms with Crippen LogP contribution in [0.4, 0.5) is 5.69 Å². The van der Waals surface area contributed by atoms with Gasteiger partial charge < -0.3 is 10.6 Å². The Morgan fingerprint density at radius 2 is 2.15 bits per heavy atom. The minimum absolute atomic E-state index is 0.0250. The maximum Gasteiger partial charge on any atom is 0.226 e. The number of halogens is 2. The molecule has 0 bridgehead atoms. The molecule has 20 heavy (non-hydrogen) atoms. The smallest absolute Gasteiger partial charge is 0.226 e. The Kier molecular flexibility index (Phi) is 5.41. The second-order valence-corrected chi connectivity index (χ2v) is 6.58. The van der Waals surface area contributed by atoms with Gasteiger partial charge in [-0.1, -0.05) is 30.9 Å². The molecule has 1 amide bonds. The van der Waals surface area contributed by atoms with E-state index in [1.54, 1.807) is 12.3 Å². The topological polar surface area (TPSA) is 54.0 Å². The average molecular weight is 361 g/mol. The van der Waals surface area contributed by atoms with Crippen LogP contribution in [-0.2, 0) is 4.79 Å². The van der Waals surface area contributed by atoms with E-state index >= 15 is 0 Å². The highest BCUT2D eigenvalue weighted by atomic mass is 79.9. The summed E-state index contributed by atoms with van der Waals surface area (Å²) in [6.45, 7) is 0. The number of nitrogens with one attached hydrogen (secondary N) is 2. The Bertz CT molecular complexity index is 489. The fraction of sp³-hybridized carbons (Fsp3) is 0.571. The third kappa shape index (κ3) is 3.93. The van der Waals surface area contributed by atoms with Crippen molar-refractivity contribution in [2.45, 2.75) is 44.1 Å². The molecule has 6 heteroatoms. The molecule has 1 fully saturated rings. The molecule has 0 atom stereocenters. The van der Waals surface area contributed by atoms with Gasteiger partial charge in [0.2, 0.25) is 5.91 Å². The van der Waals surface area contributed by atoms with Gasteiger partial charge >= 0.3 is 0 Å². The first kappa shape index (κ1) is 15.7. The van der Waals surface area contributed by atoms with Crippen LogP contribution in [0.5, 0.6) is 0 Å². The van der Waals surface area contributed by atoms with Gasteiger partial charge in [-0.25, -0.2) is 4.98 Å². The number of amides is 1. The Hall–Kier alpha value is -0.650. The molecular formula is C14H19BrClN3O. The molecule has 1 saturated carbocycles. The molecule has 110 valence electrons. The van der Waals surface area contributed by atoms with E-state index in [0.29, 0.717) is 17.3 Å². The molecule has 2 rings (SSSR count). The maximum absolute atomic E-state index is 12.3. The van der Waals surface area contributed by atoms with Crippen LogP contribution in [-0.4, -0.2) is 23.5 Å². The molecule has 1 aromatic heterocycles. The Labute approximate surface area is 132 Å². The number of nitrogens with zero attached hydrogens (tertiary/aromatic N) is 1. The number of hydrogen-bond acceptors (Lipinski definition) is 3. The second-order valence-electron chi connectivity index (χ2n) is 5.31. The number of hydrogen-bond donors (Lipinski definition) is 2. The summed E-state index contributed by atoms with van der Waals surface area (Å²) in [5, 5.41) is 6.50. The van der Waals surface area contributed by atoms with Crippen LogP contribution >= 0.6 is 27.5 Å². The number of pyridine rings is 1. The molecule has 1 heterocycles. The van der Waals surface area contributed by atoms with Gasteiger partial charge in [-0.05, 0) is 41.9 Å². The average Bonchev–Trinajstić information content (AvgIpc) is 2.44. The Morgan fingerprint density at radius 1 is 1.45 bits per heavy atom. The van der Waals surface area contributed by atoms with Crippen LogP contribution in [0.2, 0.25) is 5.15 Å². The van der Waals surface area contributed by atoms with Crippen molar-refractivity contribution in [2.75, 3.05) is 12.4 Å². The Balaban J connectivity index is 2.02. The van der Waals surface area contributed by atoms with Crippen molar-refractivity contribution in [2.24, 2.45) is 0 Å². The predicted molar refractivity (Wildman–Crippen MR) is 85.1 cm³/mol. The van der Waals surface area contributed by atoms with Crippen LogP contribution in [0.1, 0.15) is 38.5 Å². The first-order valence-corrected chi connectivity index (χ1v) is 8.02. The van der Waals surface area contributed by atoms with Gasteiger partial charge in [0.15, 0.2) is 5.15 Å². The van der Waals surface area contributed by atoms with Gasteiger partial charge in [0.05, 0.1) is 5.69 Å². The van der Waals surface area contributed by atoms with Gasteiger partial charge in [0.25, 0.3) is 0 Å². The lowest BCUT2D eigenvalue weighted by atomic mass is 9.79. The number of carbonyl (C=O) groups excluding carboxylic acids is 1. The quantitative estimate of drug-likeness (QED) is 0.804. The molecule has 0 aromatic carbocycles. The Morgan fingerprint density at radius 3 is 2.80 bits per heavy atom. The monoisotopic (exact) mass is 359 g/mol. The van der Waals surface area contributed by atoms with Gasteiger partial charge in [0.1, 0.15) is 0 Å². The summed E-state index contributed by atoms with van der Waals surface area (Å²) in [6.07, 6.45) is 7.76. The number of aromatic nitrogens is 1. The number of rotatable bonds is 4. The molecule has 4 nitrogen and oxygen atoms in total. The van der Waals surface area contributed by atoms with Crippen molar-refractivity contribution in [3.8, 4) is 0 Å². The molecule has 0 spiro atoms. The zero-order chi connectivity index (χ0) is 14.6. The van der Waals surface area contributed by atoms with Crippen LogP contribution in [0.25, 0.3) is 0 Å². The fourth-order valence-corrected chi connectivity index (χ4v) is 3.24. The normalized spacial score (nSPS) is 17.8. The van der Waals surface area contributed by atoms with Gasteiger partial charge in [-0.15, -0.1) is 0 Å². The summed E-state index contributed by atoms with van der Waals surface area (Å²) < 4.78 is 0.790. The number of carbonyl (C=O) groups is 1. The second kappa shape index (κ2) is 6.87. The third-order valence-electron chi connectivity index (χ3n) is 3.92. The van der Waals surface area contributed by atoms with Gasteiger partial charge in [0, 0.05) is 22.6 Å². The molecule has 1 aliphatic rings. The summed E-state index contributed by atoms with van der Waals surface area (Å²) in [5.74, 6) is -0.0250. The van der Waals surface area contributed by atoms with Crippen LogP contribution < -0.4 is 10.6 Å². The highest BCUT2D eigenvalue weighted by Crippen LogP contribution is 2.31. The maximum atomic E-state index is 12.3. The highest BCUT2D eigenvalue weighted by Gasteiger charge is 2.32. The molecular weight excluding hydrogens is 342 g/mol. The van der Waals surface area contributed by atoms with E-state index in [9.17, 15) is 4.79 Å². The lowest BCUT2D eigenvalue weighted by Crippen LogP contribution is -2.47. The molecule has 2 N–H and O–H groups in total. The highest BCUT2D eigenvalue weighted by molar-refractivity contribution is 9.10.